The fraction of sp³-hybridized carbons (Fsp3) is 0.263. The number of benzene rings is 1. The summed E-state index contributed by atoms with van der Waals surface area (Å²) in [5, 5.41) is 14.2. The first-order chi connectivity index (χ1) is 13.5. The maximum atomic E-state index is 13.1. The molecule has 1 aromatic carbocycles. The molecule has 0 aliphatic carbocycles. The number of nitrogens with one attached hydrogen (secondary N) is 2. The van der Waals surface area contributed by atoms with Gasteiger partial charge in [-0.15, -0.1) is 10.2 Å². The number of nitrogens with zero attached hydrogens (tertiary/aromatic N) is 2. The van der Waals surface area contributed by atoms with Crippen LogP contribution in [0, 0.1) is 11.7 Å². The van der Waals surface area contributed by atoms with E-state index in [9.17, 15) is 14.0 Å². The van der Waals surface area contributed by atoms with Crippen LogP contribution in [0.25, 0.3) is 10.6 Å². The molecule has 3 rings (SSSR count). The predicted octanol–water partition coefficient (Wildman–Crippen LogP) is 3.72. The molecule has 0 saturated heterocycles. The van der Waals surface area contributed by atoms with Crippen molar-refractivity contribution in [3.05, 3.63) is 54.2 Å². The van der Waals surface area contributed by atoms with Gasteiger partial charge in [0.15, 0.2) is 5.76 Å². The van der Waals surface area contributed by atoms with Gasteiger partial charge in [-0.2, -0.15) is 0 Å². The molecule has 2 heterocycles. The van der Waals surface area contributed by atoms with Crippen LogP contribution in [0.2, 0.25) is 0 Å². The minimum absolute atomic E-state index is 0.108. The highest BCUT2D eigenvalue weighted by atomic mass is 32.1. The Morgan fingerprint density at radius 1 is 1.21 bits per heavy atom. The van der Waals surface area contributed by atoms with Gasteiger partial charge in [-0.05, 0) is 42.3 Å². The molecule has 2 N–H and O–H groups in total. The van der Waals surface area contributed by atoms with Gasteiger partial charge in [0.25, 0.3) is 5.91 Å². The number of hydrogen-bond donors (Lipinski definition) is 2. The summed E-state index contributed by atoms with van der Waals surface area (Å²) in [6, 6.07) is 8.21. The van der Waals surface area contributed by atoms with Gasteiger partial charge in [0.1, 0.15) is 16.9 Å². The zero-order valence-corrected chi connectivity index (χ0v) is 16.1. The second kappa shape index (κ2) is 8.75. The monoisotopic (exact) mass is 402 g/mol. The summed E-state index contributed by atoms with van der Waals surface area (Å²) in [6.07, 6.45) is 2.08. The number of halogens is 1. The lowest BCUT2D eigenvalue weighted by Gasteiger charge is -2.22. The second-order valence-electron chi connectivity index (χ2n) is 6.22. The van der Waals surface area contributed by atoms with Crippen LogP contribution < -0.4 is 10.6 Å². The Hall–Kier alpha value is -3.07. The molecular weight excluding hydrogens is 383 g/mol. The van der Waals surface area contributed by atoms with E-state index in [2.05, 4.69) is 20.8 Å². The van der Waals surface area contributed by atoms with Crippen molar-refractivity contribution in [2.75, 3.05) is 5.32 Å². The predicted molar refractivity (Wildman–Crippen MR) is 103 cm³/mol. The van der Waals surface area contributed by atoms with Gasteiger partial charge < -0.3 is 9.73 Å². The molecule has 3 aromatic rings. The molecule has 0 saturated carbocycles. The maximum absolute atomic E-state index is 13.1. The first-order valence-electron chi connectivity index (χ1n) is 8.72. The quantitative estimate of drug-likeness (QED) is 0.628. The van der Waals surface area contributed by atoms with Crippen LogP contribution in [0.5, 0.6) is 0 Å². The lowest BCUT2D eigenvalue weighted by molar-refractivity contribution is -0.119. The van der Waals surface area contributed by atoms with E-state index in [0.29, 0.717) is 22.1 Å². The highest BCUT2D eigenvalue weighted by molar-refractivity contribution is 7.18. The number of carbonyl (C=O) groups is 2. The molecule has 2 aromatic heterocycles. The maximum Gasteiger partial charge on any atom is 0.287 e. The first-order valence-corrected chi connectivity index (χ1v) is 9.54. The highest BCUT2D eigenvalue weighted by Gasteiger charge is 2.28. The van der Waals surface area contributed by atoms with Crippen LogP contribution in [0.1, 0.15) is 30.8 Å². The van der Waals surface area contributed by atoms with E-state index in [4.69, 9.17) is 4.42 Å². The Bertz CT molecular complexity index is 941. The van der Waals surface area contributed by atoms with E-state index in [-0.39, 0.29) is 17.5 Å². The Labute approximate surface area is 165 Å². The molecule has 7 nitrogen and oxygen atoms in total. The fourth-order valence-corrected chi connectivity index (χ4v) is 3.24. The van der Waals surface area contributed by atoms with E-state index in [1.54, 1.807) is 18.2 Å². The summed E-state index contributed by atoms with van der Waals surface area (Å²) < 4.78 is 18.1. The van der Waals surface area contributed by atoms with E-state index in [1.165, 1.54) is 35.8 Å². The molecule has 0 fully saturated rings. The minimum atomic E-state index is -0.763. The van der Waals surface area contributed by atoms with Crippen molar-refractivity contribution in [1.82, 2.24) is 15.5 Å². The van der Waals surface area contributed by atoms with E-state index >= 15 is 0 Å². The molecule has 0 unspecified atom stereocenters. The normalized spacial score (nSPS) is 13.0. The first kappa shape index (κ1) is 19.7. The molecule has 0 radical (unpaired) electrons. The number of aromatic nitrogens is 2. The molecule has 146 valence electrons. The summed E-state index contributed by atoms with van der Waals surface area (Å²) in [6.45, 7) is 3.80. The minimum Gasteiger partial charge on any atom is -0.459 e. The molecule has 2 atom stereocenters. The smallest absolute Gasteiger partial charge is 0.287 e. The van der Waals surface area contributed by atoms with E-state index in [1.807, 2.05) is 13.8 Å². The highest BCUT2D eigenvalue weighted by Crippen LogP contribution is 2.26. The summed E-state index contributed by atoms with van der Waals surface area (Å²) in [5.74, 6) is -1.17. The van der Waals surface area contributed by atoms with Crippen LogP contribution in [0.3, 0.4) is 0 Å². The number of amides is 2. The Morgan fingerprint density at radius 3 is 2.61 bits per heavy atom. The van der Waals surface area contributed by atoms with Crippen LogP contribution in [-0.2, 0) is 4.79 Å². The van der Waals surface area contributed by atoms with Gasteiger partial charge in [0.05, 0.1) is 6.26 Å². The standard InChI is InChI=1S/C19H19FN4O3S/c1-3-11(2)15(21-16(25)14-5-4-10-27-14)17(26)22-19-24-23-18(28-19)12-6-8-13(20)9-7-12/h4-11,15H,3H2,1-2H3,(H,21,25)(H,22,24,26)/t11-,15-/m0/s1. The summed E-state index contributed by atoms with van der Waals surface area (Å²) in [4.78, 5) is 25.0. The molecule has 28 heavy (non-hydrogen) atoms. The average Bonchev–Trinajstić information content (AvgIpc) is 3.38. The largest absolute Gasteiger partial charge is 0.459 e. The van der Waals surface area contributed by atoms with Crippen molar-refractivity contribution < 1.29 is 18.4 Å². The van der Waals surface area contributed by atoms with Gasteiger partial charge >= 0.3 is 0 Å². The fourth-order valence-electron chi connectivity index (χ4n) is 2.49. The zero-order chi connectivity index (χ0) is 20.1. The van der Waals surface area contributed by atoms with E-state index < -0.39 is 17.9 Å². The number of carbonyl (C=O) groups excluding carboxylic acids is 2. The van der Waals surface area contributed by atoms with Gasteiger partial charge in [0.2, 0.25) is 11.0 Å². The van der Waals surface area contributed by atoms with Crippen LogP contribution in [0.15, 0.2) is 47.1 Å². The van der Waals surface area contributed by atoms with Crippen molar-refractivity contribution in [1.29, 1.82) is 0 Å². The van der Waals surface area contributed by atoms with Crippen LogP contribution >= 0.6 is 11.3 Å². The third-order valence-electron chi connectivity index (χ3n) is 4.27. The molecule has 9 heteroatoms. The number of furan rings is 1. The van der Waals surface area contributed by atoms with Gasteiger partial charge in [-0.3, -0.25) is 14.9 Å². The second-order valence-corrected chi connectivity index (χ2v) is 7.20. The molecule has 2 amide bonds. The third-order valence-corrected chi connectivity index (χ3v) is 5.16. The molecule has 0 spiro atoms. The van der Waals surface area contributed by atoms with Crippen molar-refractivity contribution >= 4 is 28.3 Å². The van der Waals surface area contributed by atoms with Crippen molar-refractivity contribution in [2.24, 2.45) is 5.92 Å². The Balaban J connectivity index is 1.71. The summed E-state index contributed by atoms with van der Waals surface area (Å²) in [7, 11) is 0. The zero-order valence-electron chi connectivity index (χ0n) is 15.3. The lowest BCUT2D eigenvalue weighted by atomic mass is 9.98. The summed E-state index contributed by atoms with van der Waals surface area (Å²) in [5.41, 5.74) is 0.698. The molecule has 0 bridgehead atoms. The Morgan fingerprint density at radius 2 is 1.96 bits per heavy atom. The van der Waals surface area contributed by atoms with Gasteiger partial charge in [0, 0.05) is 5.56 Å². The Kier molecular flexibility index (Phi) is 6.15. The van der Waals surface area contributed by atoms with Crippen molar-refractivity contribution in [2.45, 2.75) is 26.3 Å². The van der Waals surface area contributed by atoms with Crippen LogP contribution in [-0.4, -0.2) is 28.1 Å². The van der Waals surface area contributed by atoms with Gasteiger partial charge in [-0.25, -0.2) is 4.39 Å². The number of anilines is 1. The third kappa shape index (κ3) is 4.61. The van der Waals surface area contributed by atoms with Crippen molar-refractivity contribution in [3.63, 3.8) is 0 Å². The topological polar surface area (TPSA) is 97.1 Å². The van der Waals surface area contributed by atoms with Crippen molar-refractivity contribution in [3.8, 4) is 10.6 Å². The molecule has 0 aliphatic heterocycles. The number of rotatable bonds is 7. The van der Waals surface area contributed by atoms with E-state index in [0.717, 1.165) is 0 Å². The SMILES string of the molecule is CC[C@H](C)[C@H](NC(=O)c1ccco1)C(=O)Nc1nnc(-c2ccc(F)cc2)s1. The molecule has 0 aliphatic rings. The van der Waals surface area contributed by atoms with Gasteiger partial charge in [-0.1, -0.05) is 31.6 Å². The molecular formula is C19H19FN4O3S. The average molecular weight is 402 g/mol. The van der Waals surface area contributed by atoms with Crippen LogP contribution in [0.4, 0.5) is 9.52 Å². The number of hydrogen-bond acceptors (Lipinski definition) is 6. The lowest BCUT2D eigenvalue weighted by Crippen LogP contribution is -2.47. The summed E-state index contributed by atoms with van der Waals surface area (Å²) >= 11 is 1.17.